The molecule has 2 aromatic rings. The number of ether oxygens (including phenoxy) is 2. The van der Waals surface area contributed by atoms with Gasteiger partial charge in [0.25, 0.3) is 5.91 Å². The Morgan fingerprint density at radius 2 is 1.67 bits per heavy atom. The Hall–Kier alpha value is -2.29. The topological polar surface area (TPSA) is 93.7 Å². The van der Waals surface area contributed by atoms with Gasteiger partial charge in [0.05, 0.1) is 17.7 Å². The Balaban J connectivity index is 2.23. The summed E-state index contributed by atoms with van der Waals surface area (Å²) in [6.45, 7) is 8.76. The Labute approximate surface area is 182 Å². The first kappa shape index (κ1) is 24.0. The predicted octanol–water partition coefficient (Wildman–Crippen LogP) is 4.06. The van der Waals surface area contributed by atoms with Crippen molar-refractivity contribution in [3.63, 3.8) is 0 Å². The van der Waals surface area contributed by atoms with Crippen molar-refractivity contribution >= 4 is 33.2 Å². The number of carbonyl (C=O) groups excluding carboxylic acids is 1. The largest absolute Gasteiger partial charge is 0.495 e. The van der Waals surface area contributed by atoms with Crippen LogP contribution in [-0.4, -0.2) is 33.6 Å². The molecule has 2 rings (SSSR count). The highest BCUT2D eigenvalue weighted by Crippen LogP contribution is 2.29. The SMILES string of the molecule is COc1ccc(S(=O)(=O)NC(C)C)cc1NC(=O)C(C)Oc1cc(C)c(Cl)c(C)c1. The van der Waals surface area contributed by atoms with Gasteiger partial charge in [-0.2, -0.15) is 0 Å². The summed E-state index contributed by atoms with van der Waals surface area (Å²) < 4.78 is 38.4. The number of aryl methyl sites for hydroxylation is 2. The number of halogens is 1. The average Bonchev–Trinajstić information content (AvgIpc) is 2.64. The molecule has 0 aliphatic carbocycles. The highest BCUT2D eigenvalue weighted by atomic mass is 35.5. The van der Waals surface area contributed by atoms with Crippen LogP contribution in [0.15, 0.2) is 35.2 Å². The maximum absolute atomic E-state index is 12.7. The number of rotatable bonds is 8. The van der Waals surface area contributed by atoms with Gasteiger partial charge in [-0.25, -0.2) is 13.1 Å². The van der Waals surface area contributed by atoms with Crippen LogP contribution >= 0.6 is 11.6 Å². The molecular weight excluding hydrogens is 428 g/mol. The highest BCUT2D eigenvalue weighted by molar-refractivity contribution is 7.89. The van der Waals surface area contributed by atoms with E-state index in [1.54, 1.807) is 32.9 Å². The smallest absolute Gasteiger partial charge is 0.265 e. The Morgan fingerprint density at radius 1 is 1.07 bits per heavy atom. The van der Waals surface area contributed by atoms with Gasteiger partial charge in [-0.1, -0.05) is 11.6 Å². The zero-order valence-electron chi connectivity index (χ0n) is 17.9. The number of methoxy groups -OCH3 is 1. The van der Waals surface area contributed by atoms with Gasteiger partial charge in [-0.05, 0) is 76.1 Å². The maximum atomic E-state index is 12.7. The highest BCUT2D eigenvalue weighted by Gasteiger charge is 2.21. The summed E-state index contributed by atoms with van der Waals surface area (Å²) in [7, 11) is -2.29. The minimum atomic E-state index is -3.73. The molecule has 1 unspecified atom stereocenters. The molecule has 0 radical (unpaired) electrons. The number of hydrogen-bond acceptors (Lipinski definition) is 5. The van der Waals surface area contributed by atoms with Crippen LogP contribution in [-0.2, 0) is 14.8 Å². The van der Waals surface area contributed by atoms with Crippen molar-refractivity contribution in [3.05, 3.63) is 46.5 Å². The molecule has 0 saturated heterocycles. The fourth-order valence-electron chi connectivity index (χ4n) is 2.80. The van der Waals surface area contributed by atoms with Crippen molar-refractivity contribution in [2.75, 3.05) is 12.4 Å². The molecule has 0 fully saturated rings. The molecule has 30 heavy (non-hydrogen) atoms. The molecule has 2 aromatic carbocycles. The van der Waals surface area contributed by atoms with Gasteiger partial charge in [0.15, 0.2) is 6.10 Å². The first-order valence-electron chi connectivity index (χ1n) is 9.39. The maximum Gasteiger partial charge on any atom is 0.265 e. The van der Waals surface area contributed by atoms with Gasteiger partial charge in [-0.15, -0.1) is 0 Å². The number of amides is 1. The van der Waals surface area contributed by atoms with Gasteiger partial charge in [-0.3, -0.25) is 4.79 Å². The molecule has 0 bridgehead atoms. The number of carbonyl (C=O) groups is 1. The van der Waals surface area contributed by atoms with E-state index in [1.165, 1.54) is 25.3 Å². The fourth-order valence-corrected chi connectivity index (χ4v) is 4.18. The molecule has 164 valence electrons. The molecule has 1 amide bonds. The molecule has 0 aromatic heterocycles. The second-order valence-corrected chi connectivity index (χ2v) is 9.35. The lowest BCUT2D eigenvalue weighted by Gasteiger charge is -2.18. The van der Waals surface area contributed by atoms with E-state index in [4.69, 9.17) is 21.1 Å². The van der Waals surface area contributed by atoms with Gasteiger partial charge < -0.3 is 14.8 Å². The molecule has 1 atom stereocenters. The normalized spacial score (nSPS) is 12.5. The first-order chi connectivity index (χ1) is 13.9. The van der Waals surface area contributed by atoms with E-state index in [2.05, 4.69) is 10.0 Å². The standard InChI is InChI=1S/C21H27ClN2O5S/c1-12(2)24-30(26,27)17-7-8-19(28-6)18(11-17)23-21(25)15(5)29-16-9-13(3)20(22)14(4)10-16/h7-12,15,24H,1-6H3,(H,23,25). The minimum absolute atomic E-state index is 0.0184. The van der Waals surface area contributed by atoms with E-state index >= 15 is 0 Å². The predicted molar refractivity (Wildman–Crippen MR) is 118 cm³/mol. The molecule has 0 aliphatic heterocycles. The summed E-state index contributed by atoms with van der Waals surface area (Å²) in [6, 6.07) is 7.50. The first-order valence-corrected chi connectivity index (χ1v) is 11.3. The van der Waals surface area contributed by atoms with Crippen LogP contribution in [0.1, 0.15) is 31.9 Å². The number of hydrogen-bond donors (Lipinski definition) is 2. The van der Waals surface area contributed by atoms with Crippen LogP contribution in [0.4, 0.5) is 5.69 Å². The van der Waals surface area contributed by atoms with Gasteiger partial charge >= 0.3 is 0 Å². The van der Waals surface area contributed by atoms with Crippen molar-refractivity contribution in [3.8, 4) is 11.5 Å². The molecular formula is C21H27ClN2O5S. The summed E-state index contributed by atoms with van der Waals surface area (Å²) in [5, 5.41) is 3.33. The van der Waals surface area contributed by atoms with Crippen molar-refractivity contribution in [1.29, 1.82) is 0 Å². The molecule has 0 heterocycles. The molecule has 0 saturated carbocycles. The summed E-state index contributed by atoms with van der Waals surface area (Å²) in [6.07, 6.45) is -0.844. The van der Waals surface area contributed by atoms with Gasteiger partial charge in [0, 0.05) is 11.1 Å². The Bertz CT molecular complexity index is 1010. The van der Waals surface area contributed by atoms with Crippen LogP contribution < -0.4 is 19.5 Å². The third kappa shape index (κ3) is 5.87. The molecule has 0 spiro atoms. The summed E-state index contributed by atoms with van der Waals surface area (Å²) in [5.74, 6) is 0.392. The van der Waals surface area contributed by atoms with Crippen molar-refractivity contribution in [1.82, 2.24) is 4.72 Å². The quantitative estimate of drug-likeness (QED) is 0.627. The third-order valence-corrected chi connectivity index (χ3v) is 6.47. The number of nitrogens with one attached hydrogen (secondary N) is 2. The molecule has 9 heteroatoms. The van der Waals surface area contributed by atoms with E-state index in [9.17, 15) is 13.2 Å². The van der Waals surface area contributed by atoms with Crippen LogP contribution in [0.3, 0.4) is 0 Å². The second-order valence-electron chi connectivity index (χ2n) is 7.26. The number of sulfonamides is 1. The van der Waals surface area contributed by atoms with Crippen molar-refractivity contribution < 1.29 is 22.7 Å². The average molecular weight is 455 g/mol. The molecule has 7 nitrogen and oxygen atoms in total. The van der Waals surface area contributed by atoms with E-state index in [1.807, 2.05) is 13.8 Å². The fraction of sp³-hybridized carbons (Fsp3) is 0.381. The van der Waals surface area contributed by atoms with Crippen molar-refractivity contribution in [2.45, 2.75) is 51.7 Å². The zero-order chi connectivity index (χ0) is 22.6. The summed E-state index contributed by atoms with van der Waals surface area (Å²) in [5.41, 5.74) is 1.92. The number of anilines is 1. The van der Waals surface area contributed by atoms with E-state index in [0.29, 0.717) is 16.5 Å². The van der Waals surface area contributed by atoms with Gasteiger partial charge in [0.2, 0.25) is 10.0 Å². The zero-order valence-corrected chi connectivity index (χ0v) is 19.4. The van der Waals surface area contributed by atoms with E-state index in [0.717, 1.165) is 11.1 Å². The van der Waals surface area contributed by atoms with Crippen molar-refractivity contribution in [2.24, 2.45) is 0 Å². The van der Waals surface area contributed by atoms with Crippen LogP contribution in [0.5, 0.6) is 11.5 Å². The van der Waals surface area contributed by atoms with Gasteiger partial charge in [0.1, 0.15) is 11.5 Å². The van der Waals surface area contributed by atoms with E-state index < -0.39 is 22.0 Å². The van der Waals surface area contributed by atoms with Crippen LogP contribution in [0.2, 0.25) is 5.02 Å². The number of benzene rings is 2. The Morgan fingerprint density at radius 3 is 2.20 bits per heavy atom. The monoisotopic (exact) mass is 454 g/mol. The van der Waals surface area contributed by atoms with Crippen LogP contribution in [0, 0.1) is 13.8 Å². The van der Waals surface area contributed by atoms with E-state index in [-0.39, 0.29) is 16.6 Å². The lowest BCUT2D eigenvalue weighted by molar-refractivity contribution is -0.122. The lowest BCUT2D eigenvalue weighted by Crippen LogP contribution is -2.31. The molecule has 0 aliphatic rings. The van der Waals surface area contributed by atoms with Crippen LogP contribution in [0.25, 0.3) is 0 Å². The molecule has 2 N–H and O–H groups in total. The summed E-state index contributed by atoms with van der Waals surface area (Å²) >= 11 is 6.17. The second kappa shape index (κ2) is 9.68. The lowest BCUT2D eigenvalue weighted by atomic mass is 10.1. The third-order valence-electron chi connectivity index (χ3n) is 4.22. The summed E-state index contributed by atoms with van der Waals surface area (Å²) in [4.78, 5) is 12.7. The minimum Gasteiger partial charge on any atom is -0.495 e. The Kier molecular flexibility index (Phi) is 7.74.